The molecule has 0 spiro atoms. The Bertz CT molecular complexity index is 878. The summed E-state index contributed by atoms with van der Waals surface area (Å²) in [6, 6.07) is 9.71. The van der Waals surface area contributed by atoms with E-state index in [1.54, 1.807) is 30.5 Å². The molecule has 7 nitrogen and oxygen atoms in total. The van der Waals surface area contributed by atoms with E-state index in [0.29, 0.717) is 22.7 Å². The molecule has 2 N–H and O–H groups in total. The van der Waals surface area contributed by atoms with Crippen LogP contribution in [0.1, 0.15) is 30.6 Å². The van der Waals surface area contributed by atoms with Crippen LogP contribution in [0.25, 0.3) is 0 Å². The number of halogens is 1. The monoisotopic (exact) mass is 443 g/mol. The fourth-order valence-electron chi connectivity index (χ4n) is 3.46. The molecule has 1 saturated heterocycles. The Hall–Kier alpha value is -2.64. The number of piperazine rings is 1. The summed E-state index contributed by atoms with van der Waals surface area (Å²) in [7, 11) is 2.11. The molecule has 166 valence electrons. The molecule has 0 aliphatic carbocycles. The van der Waals surface area contributed by atoms with Gasteiger partial charge >= 0.3 is 0 Å². The number of anilines is 2. The van der Waals surface area contributed by atoms with E-state index in [4.69, 9.17) is 11.6 Å². The fraction of sp³-hybridized carbons (Fsp3) is 0.435. The first kappa shape index (κ1) is 23.0. The first-order valence-electron chi connectivity index (χ1n) is 10.6. The minimum atomic E-state index is -0.652. The maximum Gasteiger partial charge on any atom is 0.251 e. The molecule has 2 heterocycles. The summed E-state index contributed by atoms with van der Waals surface area (Å²) in [4.78, 5) is 34.5. The molecule has 1 unspecified atom stereocenters. The molecule has 0 radical (unpaired) electrons. The van der Waals surface area contributed by atoms with Gasteiger partial charge in [0.1, 0.15) is 11.9 Å². The number of hydrogen-bond donors (Lipinski definition) is 2. The van der Waals surface area contributed by atoms with Crippen LogP contribution in [0.2, 0.25) is 5.02 Å². The third-order valence-electron chi connectivity index (χ3n) is 5.28. The molecule has 2 aromatic rings. The Morgan fingerprint density at radius 1 is 1.06 bits per heavy atom. The zero-order chi connectivity index (χ0) is 22.4. The van der Waals surface area contributed by atoms with E-state index in [2.05, 4.69) is 32.5 Å². The highest BCUT2D eigenvalue weighted by molar-refractivity contribution is 6.30. The van der Waals surface area contributed by atoms with Crippen LogP contribution in [0, 0.1) is 5.92 Å². The van der Waals surface area contributed by atoms with Crippen LogP contribution in [0.15, 0.2) is 42.6 Å². The number of nitrogens with zero attached hydrogens (tertiary/aromatic N) is 3. The molecule has 1 fully saturated rings. The minimum absolute atomic E-state index is 0.235. The van der Waals surface area contributed by atoms with E-state index in [-0.39, 0.29) is 17.7 Å². The van der Waals surface area contributed by atoms with Crippen molar-refractivity contribution in [2.45, 2.75) is 26.3 Å². The van der Waals surface area contributed by atoms with Crippen molar-refractivity contribution in [2.75, 3.05) is 43.4 Å². The number of rotatable bonds is 7. The molecule has 0 saturated carbocycles. The fourth-order valence-corrected chi connectivity index (χ4v) is 3.58. The Labute approximate surface area is 188 Å². The normalized spacial score (nSPS) is 15.6. The number of carbonyl (C=O) groups is 2. The SMILES string of the molecule is CC(C)CC(NC(=O)c1ccc(Cl)cc1)C(=O)Nc1ccc(N2CCN(C)CC2)nc1. The van der Waals surface area contributed by atoms with Crippen LogP contribution in [-0.2, 0) is 4.79 Å². The number of hydrogen-bond acceptors (Lipinski definition) is 5. The van der Waals surface area contributed by atoms with Crippen molar-refractivity contribution >= 4 is 34.9 Å². The molecule has 3 rings (SSSR count). The molecule has 31 heavy (non-hydrogen) atoms. The van der Waals surface area contributed by atoms with Crippen LogP contribution >= 0.6 is 11.6 Å². The zero-order valence-electron chi connectivity index (χ0n) is 18.3. The first-order valence-corrected chi connectivity index (χ1v) is 11.0. The number of amides is 2. The lowest BCUT2D eigenvalue weighted by Gasteiger charge is -2.33. The third-order valence-corrected chi connectivity index (χ3v) is 5.53. The van der Waals surface area contributed by atoms with Crippen molar-refractivity contribution in [2.24, 2.45) is 5.92 Å². The second-order valence-corrected chi connectivity index (χ2v) is 8.78. The highest BCUT2D eigenvalue weighted by Gasteiger charge is 2.23. The summed E-state index contributed by atoms with van der Waals surface area (Å²) in [6.45, 7) is 7.90. The Balaban J connectivity index is 1.63. The minimum Gasteiger partial charge on any atom is -0.354 e. The van der Waals surface area contributed by atoms with E-state index in [1.807, 2.05) is 26.0 Å². The highest BCUT2D eigenvalue weighted by Crippen LogP contribution is 2.17. The Morgan fingerprint density at radius 2 is 1.74 bits per heavy atom. The van der Waals surface area contributed by atoms with Crippen molar-refractivity contribution < 1.29 is 9.59 Å². The second kappa shape index (κ2) is 10.6. The number of carbonyl (C=O) groups excluding carboxylic acids is 2. The number of benzene rings is 1. The summed E-state index contributed by atoms with van der Waals surface area (Å²) in [6.07, 6.45) is 2.19. The molecule has 0 bridgehead atoms. The standard InChI is InChI=1S/C23H30ClN5O2/c1-16(2)14-20(27-22(30)17-4-6-18(24)7-5-17)23(31)26-19-8-9-21(25-15-19)29-12-10-28(3)11-13-29/h4-9,15-16,20H,10-14H2,1-3H3,(H,26,31)(H,27,30). The van der Waals surface area contributed by atoms with Crippen LogP contribution < -0.4 is 15.5 Å². The quantitative estimate of drug-likeness (QED) is 0.686. The van der Waals surface area contributed by atoms with Gasteiger partial charge < -0.3 is 20.4 Å². The van der Waals surface area contributed by atoms with Gasteiger partial charge in [-0.1, -0.05) is 25.4 Å². The van der Waals surface area contributed by atoms with Crippen LogP contribution in [0.3, 0.4) is 0 Å². The maximum atomic E-state index is 12.9. The molecule has 2 amide bonds. The number of pyridine rings is 1. The smallest absolute Gasteiger partial charge is 0.251 e. The van der Waals surface area contributed by atoms with Crippen molar-refractivity contribution in [1.29, 1.82) is 0 Å². The topological polar surface area (TPSA) is 77.6 Å². The summed E-state index contributed by atoms with van der Waals surface area (Å²) >= 11 is 5.89. The maximum absolute atomic E-state index is 12.9. The Kier molecular flexibility index (Phi) is 7.87. The molecule has 1 aromatic carbocycles. The lowest BCUT2D eigenvalue weighted by Crippen LogP contribution is -2.45. The average Bonchev–Trinajstić information content (AvgIpc) is 2.74. The van der Waals surface area contributed by atoms with Gasteiger partial charge in [-0.3, -0.25) is 9.59 Å². The van der Waals surface area contributed by atoms with Crippen molar-refractivity contribution in [1.82, 2.24) is 15.2 Å². The van der Waals surface area contributed by atoms with Gasteiger partial charge in [0.25, 0.3) is 5.91 Å². The largest absolute Gasteiger partial charge is 0.354 e. The van der Waals surface area contributed by atoms with E-state index >= 15 is 0 Å². The average molecular weight is 444 g/mol. The third kappa shape index (κ3) is 6.67. The number of likely N-dealkylation sites (N-methyl/N-ethyl adjacent to an activating group) is 1. The van der Waals surface area contributed by atoms with Gasteiger partial charge in [0.05, 0.1) is 11.9 Å². The molecule has 8 heteroatoms. The number of nitrogens with one attached hydrogen (secondary N) is 2. The van der Waals surface area contributed by atoms with E-state index in [1.165, 1.54) is 0 Å². The van der Waals surface area contributed by atoms with Crippen LogP contribution in [0.4, 0.5) is 11.5 Å². The zero-order valence-corrected chi connectivity index (χ0v) is 19.0. The predicted molar refractivity (Wildman–Crippen MR) is 125 cm³/mol. The summed E-state index contributed by atoms with van der Waals surface area (Å²) < 4.78 is 0. The lowest BCUT2D eigenvalue weighted by molar-refractivity contribution is -0.118. The second-order valence-electron chi connectivity index (χ2n) is 8.35. The lowest BCUT2D eigenvalue weighted by atomic mass is 10.0. The summed E-state index contributed by atoms with van der Waals surface area (Å²) in [5.74, 6) is 0.575. The molecule has 1 atom stereocenters. The Morgan fingerprint density at radius 3 is 2.32 bits per heavy atom. The molecule has 1 aliphatic heterocycles. The van der Waals surface area contributed by atoms with Gasteiger partial charge in [-0.2, -0.15) is 0 Å². The predicted octanol–water partition coefficient (Wildman–Crippen LogP) is 3.27. The van der Waals surface area contributed by atoms with Crippen molar-refractivity contribution in [3.63, 3.8) is 0 Å². The molecule has 1 aliphatic rings. The van der Waals surface area contributed by atoms with E-state index in [0.717, 1.165) is 32.0 Å². The van der Waals surface area contributed by atoms with Crippen LogP contribution in [-0.4, -0.2) is 61.0 Å². The van der Waals surface area contributed by atoms with Gasteiger partial charge in [0, 0.05) is 36.8 Å². The summed E-state index contributed by atoms with van der Waals surface area (Å²) in [5.41, 5.74) is 1.07. The molecular formula is C23H30ClN5O2. The van der Waals surface area contributed by atoms with Crippen molar-refractivity contribution in [3.05, 3.63) is 53.2 Å². The van der Waals surface area contributed by atoms with Crippen LogP contribution in [0.5, 0.6) is 0 Å². The van der Waals surface area contributed by atoms with Gasteiger partial charge in [0.15, 0.2) is 0 Å². The van der Waals surface area contributed by atoms with Gasteiger partial charge in [-0.05, 0) is 55.8 Å². The van der Waals surface area contributed by atoms with Gasteiger partial charge in [-0.25, -0.2) is 4.98 Å². The van der Waals surface area contributed by atoms with Crippen molar-refractivity contribution in [3.8, 4) is 0 Å². The highest BCUT2D eigenvalue weighted by atomic mass is 35.5. The molecular weight excluding hydrogens is 414 g/mol. The molecule has 1 aromatic heterocycles. The summed E-state index contributed by atoms with van der Waals surface area (Å²) in [5, 5.41) is 6.29. The van der Waals surface area contributed by atoms with Gasteiger partial charge in [-0.15, -0.1) is 0 Å². The first-order chi connectivity index (χ1) is 14.8. The van der Waals surface area contributed by atoms with Gasteiger partial charge in [0.2, 0.25) is 5.91 Å². The van der Waals surface area contributed by atoms with E-state index in [9.17, 15) is 9.59 Å². The van der Waals surface area contributed by atoms with E-state index < -0.39 is 6.04 Å². The number of aromatic nitrogens is 1.